The van der Waals surface area contributed by atoms with E-state index in [-0.39, 0.29) is 5.91 Å². The van der Waals surface area contributed by atoms with Crippen molar-refractivity contribution in [3.8, 4) is 0 Å². The first-order valence-electron chi connectivity index (χ1n) is 7.59. The maximum atomic E-state index is 12.2. The van der Waals surface area contributed by atoms with Crippen molar-refractivity contribution in [3.05, 3.63) is 66.1 Å². The Morgan fingerprint density at radius 3 is 2.61 bits per heavy atom. The third-order valence-corrected chi connectivity index (χ3v) is 3.86. The topological polar surface area (TPSA) is 73.6 Å². The standard InChI is InChI=1S/C18H16N4O/c23-18(16-11-12-5-1-2-6-13(12)20-16)19-10-9-17-21-14-7-3-4-8-15(14)22-17/h1-8,11,20H,9-10H2,(H,19,23)(H,21,22). The minimum Gasteiger partial charge on any atom is -0.351 e. The quantitative estimate of drug-likeness (QED) is 0.542. The predicted molar refractivity (Wildman–Crippen MR) is 90.4 cm³/mol. The fraction of sp³-hybridized carbons (Fsp3) is 0.111. The van der Waals surface area contributed by atoms with Gasteiger partial charge in [0.2, 0.25) is 0 Å². The maximum absolute atomic E-state index is 12.2. The smallest absolute Gasteiger partial charge is 0.267 e. The Hall–Kier alpha value is -3.08. The first-order valence-corrected chi connectivity index (χ1v) is 7.59. The van der Waals surface area contributed by atoms with Gasteiger partial charge in [0, 0.05) is 23.9 Å². The Balaban J connectivity index is 1.41. The van der Waals surface area contributed by atoms with E-state index in [1.807, 2.05) is 54.6 Å². The molecule has 0 spiro atoms. The van der Waals surface area contributed by atoms with Gasteiger partial charge < -0.3 is 15.3 Å². The van der Waals surface area contributed by atoms with Crippen LogP contribution in [-0.4, -0.2) is 27.4 Å². The first-order chi connectivity index (χ1) is 11.3. The summed E-state index contributed by atoms with van der Waals surface area (Å²) in [5.74, 6) is 0.778. The molecule has 2 heterocycles. The number of rotatable bonds is 4. The van der Waals surface area contributed by atoms with Gasteiger partial charge in [-0.3, -0.25) is 4.79 Å². The first kappa shape index (κ1) is 13.6. The van der Waals surface area contributed by atoms with Crippen molar-refractivity contribution in [1.29, 1.82) is 0 Å². The van der Waals surface area contributed by atoms with Crippen LogP contribution in [0.3, 0.4) is 0 Å². The monoisotopic (exact) mass is 304 g/mol. The molecule has 3 N–H and O–H groups in total. The van der Waals surface area contributed by atoms with Gasteiger partial charge in [0.25, 0.3) is 5.91 Å². The molecule has 0 atom stereocenters. The minimum absolute atomic E-state index is 0.0997. The van der Waals surface area contributed by atoms with E-state index in [1.165, 1.54) is 0 Å². The predicted octanol–water partition coefficient (Wildman–Crippen LogP) is 3.02. The second kappa shape index (κ2) is 5.61. The molecule has 0 saturated heterocycles. The highest BCUT2D eigenvalue weighted by Crippen LogP contribution is 2.14. The molecular weight excluding hydrogens is 288 g/mol. The molecule has 0 saturated carbocycles. The van der Waals surface area contributed by atoms with Crippen molar-refractivity contribution in [1.82, 2.24) is 20.3 Å². The molecule has 0 aliphatic carbocycles. The van der Waals surface area contributed by atoms with Crippen LogP contribution in [0.25, 0.3) is 21.9 Å². The lowest BCUT2D eigenvalue weighted by Gasteiger charge is -2.01. The summed E-state index contributed by atoms with van der Waals surface area (Å²) in [6.45, 7) is 0.536. The van der Waals surface area contributed by atoms with Gasteiger partial charge in [0.15, 0.2) is 0 Å². The molecule has 5 nitrogen and oxygen atoms in total. The number of fused-ring (bicyclic) bond motifs is 2. The number of hydrogen-bond acceptors (Lipinski definition) is 2. The largest absolute Gasteiger partial charge is 0.351 e. The molecule has 23 heavy (non-hydrogen) atoms. The Labute approximate surface area is 132 Å². The summed E-state index contributed by atoms with van der Waals surface area (Å²) >= 11 is 0. The molecule has 2 aromatic heterocycles. The van der Waals surface area contributed by atoms with E-state index < -0.39 is 0 Å². The van der Waals surface area contributed by atoms with E-state index in [9.17, 15) is 4.79 Å². The minimum atomic E-state index is -0.0997. The number of benzene rings is 2. The molecule has 0 unspecified atom stereocenters. The van der Waals surface area contributed by atoms with Crippen LogP contribution < -0.4 is 5.32 Å². The van der Waals surface area contributed by atoms with Crippen LogP contribution in [0.2, 0.25) is 0 Å². The summed E-state index contributed by atoms with van der Waals surface area (Å²) in [6.07, 6.45) is 0.667. The number of nitrogens with zero attached hydrogens (tertiary/aromatic N) is 1. The average molecular weight is 304 g/mol. The zero-order valence-electron chi connectivity index (χ0n) is 12.5. The van der Waals surface area contributed by atoms with Crippen molar-refractivity contribution in [2.24, 2.45) is 0 Å². The molecule has 4 aromatic rings. The Kier molecular flexibility index (Phi) is 3.31. The fourth-order valence-corrected chi connectivity index (χ4v) is 2.71. The van der Waals surface area contributed by atoms with Gasteiger partial charge in [-0.15, -0.1) is 0 Å². The number of amides is 1. The highest BCUT2D eigenvalue weighted by atomic mass is 16.1. The van der Waals surface area contributed by atoms with Crippen LogP contribution in [0.4, 0.5) is 0 Å². The normalized spacial score (nSPS) is 11.1. The summed E-state index contributed by atoms with van der Waals surface area (Å²) in [7, 11) is 0. The van der Waals surface area contributed by atoms with Crippen LogP contribution >= 0.6 is 0 Å². The number of imidazole rings is 1. The summed E-state index contributed by atoms with van der Waals surface area (Å²) in [5, 5.41) is 3.96. The molecule has 1 amide bonds. The molecule has 4 rings (SSSR count). The van der Waals surface area contributed by atoms with Gasteiger partial charge in [-0.05, 0) is 24.3 Å². The second-order valence-electron chi connectivity index (χ2n) is 5.48. The summed E-state index contributed by atoms with van der Waals surface area (Å²) < 4.78 is 0. The molecule has 0 radical (unpaired) electrons. The van der Waals surface area contributed by atoms with Gasteiger partial charge in [0.05, 0.1) is 11.0 Å². The molecule has 0 fully saturated rings. The molecular formula is C18H16N4O. The van der Waals surface area contributed by atoms with Gasteiger partial charge in [-0.1, -0.05) is 30.3 Å². The van der Waals surface area contributed by atoms with Crippen molar-refractivity contribution in [2.75, 3.05) is 6.54 Å². The van der Waals surface area contributed by atoms with Crippen LogP contribution in [0.5, 0.6) is 0 Å². The number of carbonyl (C=O) groups excluding carboxylic acids is 1. The number of carbonyl (C=O) groups is 1. The number of nitrogens with one attached hydrogen (secondary N) is 3. The lowest BCUT2D eigenvalue weighted by molar-refractivity contribution is 0.0950. The van der Waals surface area contributed by atoms with Gasteiger partial charge >= 0.3 is 0 Å². The molecule has 5 heteroatoms. The number of para-hydroxylation sites is 3. The lowest BCUT2D eigenvalue weighted by atomic mass is 10.2. The van der Waals surface area contributed by atoms with Crippen LogP contribution in [0.15, 0.2) is 54.6 Å². The highest BCUT2D eigenvalue weighted by molar-refractivity contribution is 5.97. The van der Waals surface area contributed by atoms with Crippen LogP contribution in [0.1, 0.15) is 16.3 Å². The Morgan fingerprint density at radius 2 is 1.78 bits per heavy atom. The summed E-state index contributed by atoms with van der Waals surface area (Å²) in [6, 6.07) is 17.6. The van der Waals surface area contributed by atoms with Crippen molar-refractivity contribution >= 4 is 27.8 Å². The highest BCUT2D eigenvalue weighted by Gasteiger charge is 2.09. The van der Waals surface area contributed by atoms with E-state index in [4.69, 9.17) is 0 Å². The lowest BCUT2D eigenvalue weighted by Crippen LogP contribution is -2.26. The zero-order chi connectivity index (χ0) is 15.6. The Bertz CT molecular complexity index is 917. The number of H-pyrrole nitrogens is 2. The SMILES string of the molecule is O=C(NCCc1nc2ccccc2[nH]1)c1cc2ccccc2[nH]1. The van der Waals surface area contributed by atoms with Crippen molar-refractivity contribution in [3.63, 3.8) is 0 Å². The van der Waals surface area contributed by atoms with E-state index >= 15 is 0 Å². The van der Waals surface area contributed by atoms with Gasteiger partial charge in [-0.25, -0.2) is 4.98 Å². The Morgan fingerprint density at radius 1 is 1.00 bits per heavy atom. The van der Waals surface area contributed by atoms with Crippen molar-refractivity contribution in [2.45, 2.75) is 6.42 Å². The second-order valence-corrected chi connectivity index (χ2v) is 5.48. The van der Waals surface area contributed by atoms with Crippen LogP contribution in [0, 0.1) is 0 Å². The van der Waals surface area contributed by atoms with Gasteiger partial charge in [0.1, 0.15) is 11.5 Å². The molecule has 114 valence electrons. The fourth-order valence-electron chi connectivity index (χ4n) is 2.71. The molecule has 2 aromatic carbocycles. The third-order valence-electron chi connectivity index (χ3n) is 3.86. The van der Waals surface area contributed by atoms with Crippen LogP contribution in [-0.2, 0) is 6.42 Å². The summed E-state index contributed by atoms with van der Waals surface area (Å²) in [4.78, 5) is 23.1. The number of hydrogen-bond donors (Lipinski definition) is 3. The van der Waals surface area contributed by atoms with E-state index in [1.54, 1.807) is 0 Å². The van der Waals surface area contributed by atoms with E-state index in [0.29, 0.717) is 18.7 Å². The number of aromatic amines is 2. The maximum Gasteiger partial charge on any atom is 0.267 e. The summed E-state index contributed by atoms with van der Waals surface area (Å²) in [5.41, 5.74) is 3.51. The van der Waals surface area contributed by atoms with E-state index in [2.05, 4.69) is 20.3 Å². The molecule has 0 aliphatic heterocycles. The van der Waals surface area contributed by atoms with Crippen molar-refractivity contribution < 1.29 is 4.79 Å². The molecule has 0 aliphatic rings. The van der Waals surface area contributed by atoms with E-state index in [0.717, 1.165) is 27.8 Å². The van der Waals surface area contributed by atoms with Gasteiger partial charge in [-0.2, -0.15) is 0 Å². The molecule has 0 bridgehead atoms. The average Bonchev–Trinajstić information content (AvgIpc) is 3.18. The zero-order valence-corrected chi connectivity index (χ0v) is 12.5. The number of aromatic nitrogens is 3. The third kappa shape index (κ3) is 2.68.